The fraction of sp³-hybridized carbons (Fsp3) is 0.150. The Bertz CT molecular complexity index is 941. The van der Waals surface area contributed by atoms with E-state index in [-0.39, 0.29) is 11.6 Å². The number of methoxy groups -OCH3 is 1. The minimum Gasteiger partial charge on any atom is -0.495 e. The van der Waals surface area contributed by atoms with Gasteiger partial charge in [-0.15, -0.1) is 0 Å². The molecule has 2 aromatic carbocycles. The molecule has 1 amide bonds. The van der Waals surface area contributed by atoms with Gasteiger partial charge in [0.05, 0.1) is 12.8 Å². The second-order valence-electron chi connectivity index (χ2n) is 5.89. The van der Waals surface area contributed by atoms with Crippen molar-refractivity contribution in [3.8, 4) is 5.75 Å². The Morgan fingerprint density at radius 3 is 2.62 bits per heavy atom. The summed E-state index contributed by atoms with van der Waals surface area (Å²) >= 11 is 0. The van der Waals surface area contributed by atoms with Crippen molar-refractivity contribution in [2.24, 2.45) is 0 Å². The summed E-state index contributed by atoms with van der Waals surface area (Å²) in [6, 6.07) is 15.0. The maximum atomic E-state index is 12.6. The Morgan fingerprint density at radius 2 is 1.81 bits per heavy atom. The van der Waals surface area contributed by atoms with E-state index in [1.807, 2.05) is 56.3 Å². The van der Waals surface area contributed by atoms with Gasteiger partial charge >= 0.3 is 0 Å². The van der Waals surface area contributed by atoms with Crippen molar-refractivity contribution < 1.29 is 9.53 Å². The van der Waals surface area contributed by atoms with Crippen LogP contribution in [-0.2, 0) is 0 Å². The monoisotopic (exact) mass is 348 g/mol. The molecule has 0 fully saturated rings. The van der Waals surface area contributed by atoms with Crippen LogP contribution < -0.4 is 15.4 Å². The smallest absolute Gasteiger partial charge is 0.274 e. The van der Waals surface area contributed by atoms with Crippen LogP contribution in [0.4, 0.5) is 17.2 Å². The average molecular weight is 348 g/mol. The minimum absolute atomic E-state index is 0.276. The molecule has 1 aromatic heterocycles. The van der Waals surface area contributed by atoms with E-state index in [0.717, 1.165) is 22.5 Å². The van der Waals surface area contributed by atoms with E-state index in [0.29, 0.717) is 11.6 Å². The maximum absolute atomic E-state index is 12.6. The number of hydrogen-bond donors (Lipinski definition) is 2. The van der Waals surface area contributed by atoms with Gasteiger partial charge in [-0.05, 0) is 43.2 Å². The molecule has 0 aliphatic carbocycles. The van der Waals surface area contributed by atoms with Crippen LogP contribution in [0.5, 0.6) is 5.75 Å². The Labute approximate surface area is 152 Å². The highest BCUT2D eigenvalue weighted by Gasteiger charge is 2.11. The summed E-state index contributed by atoms with van der Waals surface area (Å²) in [4.78, 5) is 20.8. The van der Waals surface area contributed by atoms with Crippen LogP contribution in [0.3, 0.4) is 0 Å². The summed E-state index contributed by atoms with van der Waals surface area (Å²) in [6.07, 6.45) is 1.36. The molecule has 6 nitrogen and oxygen atoms in total. The van der Waals surface area contributed by atoms with Crippen molar-refractivity contribution in [1.29, 1.82) is 0 Å². The number of amides is 1. The number of aromatic nitrogens is 2. The molecule has 0 bridgehead atoms. The molecule has 1 heterocycles. The molecule has 0 unspecified atom stereocenters. The molecule has 0 atom stereocenters. The van der Waals surface area contributed by atoms with Crippen LogP contribution in [0, 0.1) is 13.8 Å². The van der Waals surface area contributed by atoms with Crippen molar-refractivity contribution in [1.82, 2.24) is 9.97 Å². The lowest BCUT2D eigenvalue weighted by Crippen LogP contribution is -2.15. The van der Waals surface area contributed by atoms with Gasteiger partial charge in [0.1, 0.15) is 23.6 Å². The summed E-state index contributed by atoms with van der Waals surface area (Å²) in [5.74, 6) is 0.910. The number of benzene rings is 2. The van der Waals surface area contributed by atoms with E-state index in [2.05, 4.69) is 20.6 Å². The molecule has 0 aliphatic rings. The standard InChI is InChI=1S/C20H20N4O2/c1-13-8-9-14(2)16(10-13)24-20(25)17-11-19(22-12-21-17)23-15-6-4-5-7-18(15)26-3/h4-12H,1-3H3,(H,24,25)(H,21,22,23). The number of para-hydroxylation sites is 2. The van der Waals surface area contributed by atoms with Crippen LogP contribution in [0.25, 0.3) is 0 Å². The lowest BCUT2D eigenvalue weighted by Gasteiger charge is -2.11. The zero-order valence-corrected chi connectivity index (χ0v) is 14.9. The molecule has 26 heavy (non-hydrogen) atoms. The fourth-order valence-corrected chi connectivity index (χ4v) is 2.49. The minimum atomic E-state index is -0.288. The van der Waals surface area contributed by atoms with Gasteiger partial charge in [-0.25, -0.2) is 9.97 Å². The Morgan fingerprint density at radius 1 is 1.00 bits per heavy atom. The molecule has 0 saturated heterocycles. The van der Waals surface area contributed by atoms with E-state index in [4.69, 9.17) is 4.74 Å². The van der Waals surface area contributed by atoms with E-state index in [1.54, 1.807) is 13.2 Å². The number of carbonyl (C=O) groups excluding carboxylic acids is 1. The van der Waals surface area contributed by atoms with Gasteiger partial charge in [0.15, 0.2) is 0 Å². The van der Waals surface area contributed by atoms with Gasteiger partial charge < -0.3 is 15.4 Å². The Hall–Kier alpha value is -3.41. The van der Waals surface area contributed by atoms with Gasteiger partial charge in [0.2, 0.25) is 0 Å². The predicted molar refractivity (Wildman–Crippen MR) is 102 cm³/mol. The lowest BCUT2D eigenvalue weighted by molar-refractivity contribution is 0.102. The third-order valence-corrected chi connectivity index (χ3v) is 3.91. The van der Waals surface area contributed by atoms with Crippen molar-refractivity contribution in [3.63, 3.8) is 0 Å². The zero-order chi connectivity index (χ0) is 18.5. The second kappa shape index (κ2) is 7.65. The van der Waals surface area contributed by atoms with Crippen LogP contribution in [0.2, 0.25) is 0 Å². The van der Waals surface area contributed by atoms with Crippen LogP contribution >= 0.6 is 0 Å². The SMILES string of the molecule is COc1ccccc1Nc1cc(C(=O)Nc2cc(C)ccc2C)ncn1. The van der Waals surface area contributed by atoms with Crippen molar-refractivity contribution in [2.75, 3.05) is 17.7 Å². The first-order valence-corrected chi connectivity index (χ1v) is 8.17. The van der Waals surface area contributed by atoms with Gasteiger partial charge in [-0.2, -0.15) is 0 Å². The van der Waals surface area contributed by atoms with Gasteiger partial charge in [0.25, 0.3) is 5.91 Å². The molecular weight excluding hydrogens is 328 g/mol. The molecule has 0 spiro atoms. The first-order chi connectivity index (χ1) is 12.6. The summed E-state index contributed by atoms with van der Waals surface area (Å²) in [5.41, 5.74) is 3.87. The number of ether oxygens (including phenoxy) is 1. The maximum Gasteiger partial charge on any atom is 0.274 e. The molecule has 0 saturated carbocycles. The van der Waals surface area contributed by atoms with Crippen LogP contribution in [0.15, 0.2) is 54.9 Å². The van der Waals surface area contributed by atoms with Crippen molar-refractivity contribution >= 4 is 23.1 Å². The van der Waals surface area contributed by atoms with E-state index < -0.39 is 0 Å². The number of hydrogen-bond acceptors (Lipinski definition) is 5. The highest BCUT2D eigenvalue weighted by Crippen LogP contribution is 2.26. The zero-order valence-electron chi connectivity index (χ0n) is 14.9. The average Bonchev–Trinajstić information content (AvgIpc) is 2.65. The second-order valence-corrected chi connectivity index (χ2v) is 5.89. The molecule has 3 rings (SSSR count). The molecule has 0 radical (unpaired) electrons. The first kappa shape index (κ1) is 17.4. The largest absolute Gasteiger partial charge is 0.495 e. The third-order valence-electron chi connectivity index (χ3n) is 3.91. The highest BCUT2D eigenvalue weighted by atomic mass is 16.5. The number of nitrogens with one attached hydrogen (secondary N) is 2. The molecule has 132 valence electrons. The van der Waals surface area contributed by atoms with Crippen molar-refractivity contribution in [3.05, 3.63) is 71.7 Å². The number of anilines is 3. The van der Waals surface area contributed by atoms with Crippen molar-refractivity contribution in [2.45, 2.75) is 13.8 Å². The molecule has 2 N–H and O–H groups in total. The van der Waals surface area contributed by atoms with E-state index >= 15 is 0 Å². The predicted octanol–water partition coefficient (Wildman–Crippen LogP) is 4.10. The topological polar surface area (TPSA) is 76.1 Å². The molecular formula is C20H20N4O2. The van der Waals surface area contributed by atoms with Gasteiger partial charge in [-0.1, -0.05) is 24.3 Å². The van der Waals surface area contributed by atoms with Gasteiger partial charge in [-0.3, -0.25) is 4.79 Å². The number of aryl methyl sites for hydroxylation is 2. The Balaban J connectivity index is 1.80. The molecule has 3 aromatic rings. The number of rotatable bonds is 5. The van der Waals surface area contributed by atoms with Gasteiger partial charge in [0, 0.05) is 11.8 Å². The fourth-order valence-electron chi connectivity index (χ4n) is 2.49. The van der Waals surface area contributed by atoms with E-state index in [9.17, 15) is 4.79 Å². The van der Waals surface area contributed by atoms with E-state index in [1.165, 1.54) is 6.33 Å². The van der Waals surface area contributed by atoms with Crippen LogP contribution in [-0.4, -0.2) is 23.0 Å². The number of nitrogens with zero attached hydrogens (tertiary/aromatic N) is 2. The Kier molecular flexibility index (Phi) is 5.12. The third kappa shape index (κ3) is 3.97. The lowest BCUT2D eigenvalue weighted by atomic mass is 10.1. The quantitative estimate of drug-likeness (QED) is 0.726. The summed E-state index contributed by atoms with van der Waals surface area (Å²) in [5, 5.41) is 6.05. The first-order valence-electron chi connectivity index (χ1n) is 8.17. The van der Waals surface area contributed by atoms with Crippen LogP contribution in [0.1, 0.15) is 21.6 Å². The summed E-state index contributed by atoms with van der Waals surface area (Å²) in [6.45, 7) is 3.93. The normalized spacial score (nSPS) is 10.3. The highest BCUT2D eigenvalue weighted by molar-refractivity contribution is 6.03. The summed E-state index contributed by atoms with van der Waals surface area (Å²) < 4.78 is 5.31. The summed E-state index contributed by atoms with van der Waals surface area (Å²) in [7, 11) is 1.60. The molecule has 6 heteroatoms. The molecule has 0 aliphatic heterocycles. The number of carbonyl (C=O) groups is 1.